The van der Waals surface area contributed by atoms with Crippen LogP contribution in [0.3, 0.4) is 0 Å². The van der Waals surface area contributed by atoms with Gasteiger partial charge in [0.1, 0.15) is 11.1 Å². The lowest BCUT2D eigenvalue weighted by atomic mass is 9.81. The number of rotatable bonds is 2. The van der Waals surface area contributed by atoms with E-state index in [-0.39, 0.29) is 22.9 Å². The third-order valence-corrected chi connectivity index (χ3v) is 5.29. The SMILES string of the molecule is CC(=O)C1=C(O)c2ccc(-c3ccccc3)n2C2(CCCC2)C1=O. The maximum Gasteiger partial charge on any atom is 0.196 e. The highest BCUT2D eigenvalue weighted by Crippen LogP contribution is 2.47. The number of hydrogen-bond donors (Lipinski definition) is 1. The number of nitrogens with zero attached hydrogens (tertiary/aromatic N) is 1. The molecule has 1 aromatic heterocycles. The fourth-order valence-electron chi connectivity index (χ4n) is 4.22. The first-order chi connectivity index (χ1) is 11.6. The summed E-state index contributed by atoms with van der Waals surface area (Å²) in [4.78, 5) is 25.2. The first kappa shape index (κ1) is 14.9. The van der Waals surface area contributed by atoms with Crippen molar-refractivity contribution in [2.75, 3.05) is 0 Å². The van der Waals surface area contributed by atoms with Crippen molar-refractivity contribution in [2.24, 2.45) is 0 Å². The Hall–Kier alpha value is -2.62. The fraction of sp³-hybridized carbons (Fsp3) is 0.300. The van der Waals surface area contributed by atoms with Gasteiger partial charge in [-0.15, -0.1) is 0 Å². The van der Waals surface area contributed by atoms with Gasteiger partial charge in [0.15, 0.2) is 17.3 Å². The third kappa shape index (κ3) is 1.86. The van der Waals surface area contributed by atoms with Gasteiger partial charge in [-0.2, -0.15) is 0 Å². The number of aliphatic hydroxyl groups excluding tert-OH is 1. The van der Waals surface area contributed by atoms with Crippen molar-refractivity contribution in [3.63, 3.8) is 0 Å². The van der Waals surface area contributed by atoms with Gasteiger partial charge in [0.2, 0.25) is 0 Å². The van der Waals surface area contributed by atoms with E-state index in [1.54, 1.807) is 0 Å². The fourth-order valence-corrected chi connectivity index (χ4v) is 4.22. The number of aromatic nitrogens is 1. The molecule has 0 bridgehead atoms. The smallest absolute Gasteiger partial charge is 0.196 e. The second kappa shape index (κ2) is 5.20. The minimum absolute atomic E-state index is 0.0397. The number of hydrogen-bond acceptors (Lipinski definition) is 3. The normalized spacial score (nSPS) is 19.0. The van der Waals surface area contributed by atoms with E-state index in [0.29, 0.717) is 18.5 Å². The van der Waals surface area contributed by atoms with Crippen molar-refractivity contribution in [3.8, 4) is 11.3 Å². The number of carbonyl (C=O) groups excluding carboxylic acids is 2. The molecule has 0 saturated heterocycles. The largest absolute Gasteiger partial charge is 0.505 e. The second-order valence-electron chi connectivity index (χ2n) is 6.65. The molecular weight excluding hydrogens is 302 g/mol. The number of allylic oxidation sites excluding steroid dienone is 1. The Balaban J connectivity index is 2.04. The highest BCUT2D eigenvalue weighted by Gasteiger charge is 2.50. The summed E-state index contributed by atoms with van der Waals surface area (Å²) in [5.41, 5.74) is 1.71. The summed E-state index contributed by atoms with van der Waals surface area (Å²) in [6, 6.07) is 13.6. The number of ketones is 2. The van der Waals surface area contributed by atoms with Gasteiger partial charge >= 0.3 is 0 Å². The van der Waals surface area contributed by atoms with Gasteiger partial charge in [-0.25, -0.2) is 0 Å². The minimum Gasteiger partial charge on any atom is -0.505 e. The standard InChI is InChI=1S/C20H19NO3/c1-13(22)17-18(23)16-10-9-15(14-7-3-2-4-8-14)21(16)20(19(17)24)11-5-6-12-20/h2-4,7-10,23H,5-6,11-12H2,1H3. The Morgan fingerprint density at radius 1 is 1.04 bits per heavy atom. The zero-order chi connectivity index (χ0) is 16.9. The maximum atomic E-state index is 13.2. The van der Waals surface area contributed by atoms with Crippen LogP contribution in [0.4, 0.5) is 0 Å². The molecule has 1 aliphatic heterocycles. The summed E-state index contributed by atoms with van der Waals surface area (Å²) in [7, 11) is 0. The lowest BCUT2D eigenvalue weighted by molar-refractivity contribution is -0.126. The maximum absolute atomic E-state index is 13.2. The molecule has 0 amide bonds. The summed E-state index contributed by atoms with van der Waals surface area (Å²) in [5.74, 6) is -0.782. The quantitative estimate of drug-likeness (QED) is 0.854. The summed E-state index contributed by atoms with van der Waals surface area (Å²) in [6.45, 7) is 1.35. The zero-order valence-electron chi connectivity index (χ0n) is 13.6. The van der Waals surface area contributed by atoms with Crippen LogP contribution in [-0.2, 0) is 15.1 Å². The molecule has 2 heterocycles. The van der Waals surface area contributed by atoms with Crippen molar-refractivity contribution < 1.29 is 14.7 Å². The Labute approximate surface area is 140 Å². The molecule has 1 saturated carbocycles. The van der Waals surface area contributed by atoms with Gasteiger partial charge < -0.3 is 9.67 Å². The first-order valence-electron chi connectivity index (χ1n) is 8.33. The molecule has 24 heavy (non-hydrogen) atoms. The van der Waals surface area contributed by atoms with Crippen LogP contribution in [-0.4, -0.2) is 21.2 Å². The topological polar surface area (TPSA) is 59.3 Å². The van der Waals surface area contributed by atoms with E-state index in [4.69, 9.17) is 0 Å². The van der Waals surface area contributed by atoms with Crippen molar-refractivity contribution in [1.29, 1.82) is 0 Å². The first-order valence-corrected chi connectivity index (χ1v) is 8.33. The Morgan fingerprint density at radius 2 is 1.67 bits per heavy atom. The number of Topliss-reactive ketones (excluding diaryl/α,β-unsaturated/α-hetero) is 2. The average Bonchev–Trinajstić information content (AvgIpc) is 3.22. The Morgan fingerprint density at radius 3 is 2.29 bits per heavy atom. The molecule has 0 unspecified atom stereocenters. The number of fused-ring (bicyclic) bond motifs is 2. The summed E-state index contributed by atoms with van der Waals surface area (Å²) < 4.78 is 1.97. The highest BCUT2D eigenvalue weighted by molar-refractivity contribution is 6.27. The predicted octanol–water partition coefficient (Wildman–Crippen LogP) is 3.87. The number of benzene rings is 1. The summed E-state index contributed by atoms with van der Waals surface area (Å²) >= 11 is 0. The van der Waals surface area contributed by atoms with E-state index in [0.717, 1.165) is 24.1 Å². The summed E-state index contributed by atoms with van der Waals surface area (Å²) in [6.07, 6.45) is 3.31. The van der Waals surface area contributed by atoms with E-state index >= 15 is 0 Å². The molecule has 4 rings (SSSR count). The van der Waals surface area contributed by atoms with Crippen molar-refractivity contribution in [2.45, 2.75) is 38.1 Å². The minimum atomic E-state index is -0.739. The molecule has 2 aromatic rings. The molecule has 2 aliphatic rings. The van der Waals surface area contributed by atoms with Gasteiger partial charge in [-0.05, 0) is 37.5 Å². The van der Waals surface area contributed by atoms with Crippen LogP contribution in [0.15, 0.2) is 48.0 Å². The van der Waals surface area contributed by atoms with E-state index in [1.165, 1.54) is 6.92 Å². The molecule has 0 atom stereocenters. The van der Waals surface area contributed by atoms with E-state index < -0.39 is 5.54 Å². The van der Waals surface area contributed by atoms with Crippen LogP contribution in [0.5, 0.6) is 0 Å². The number of carbonyl (C=O) groups is 2. The van der Waals surface area contributed by atoms with Gasteiger partial charge in [0, 0.05) is 5.69 Å². The highest BCUT2D eigenvalue weighted by atomic mass is 16.3. The third-order valence-electron chi connectivity index (χ3n) is 5.29. The molecule has 0 radical (unpaired) electrons. The molecule has 4 heteroatoms. The van der Waals surface area contributed by atoms with Crippen molar-refractivity contribution >= 4 is 17.3 Å². The Bertz CT molecular complexity index is 868. The van der Waals surface area contributed by atoms with Crippen LogP contribution < -0.4 is 0 Å². The van der Waals surface area contributed by atoms with E-state index in [2.05, 4.69) is 0 Å². The lowest BCUT2D eigenvalue weighted by Crippen LogP contribution is -2.45. The van der Waals surface area contributed by atoms with Gasteiger partial charge in [-0.3, -0.25) is 9.59 Å². The van der Waals surface area contributed by atoms with E-state index in [1.807, 2.05) is 47.0 Å². The predicted molar refractivity (Wildman–Crippen MR) is 91.5 cm³/mol. The second-order valence-corrected chi connectivity index (χ2v) is 6.65. The zero-order valence-corrected chi connectivity index (χ0v) is 13.6. The average molecular weight is 321 g/mol. The molecule has 122 valence electrons. The molecule has 1 aromatic carbocycles. The van der Waals surface area contributed by atoms with Gasteiger partial charge in [0.25, 0.3) is 0 Å². The van der Waals surface area contributed by atoms with E-state index in [9.17, 15) is 14.7 Å². The monoisotopic (exact) mass is 321 g/mol. The van der Waals surface area contributed by atoms with Gasteiger partial charge in [0.05, 0.1) is 5.69 Å². The van der Waals surface area contributed by atoms with Crippen LogP contribution in [0.1, 0.15) is 38.3 Å². The van der Waals surface area contributed by atoms with Crippen LogP contribution in [0.25, 0.3) is 17.0 Å². The molecule has 1 N–H and O–H groups in total. The van der Waals surface area contributed by atoms with Crippen LogP contribution >= 0.6 is 0 Å². The van der Waals surface area contributed by atoms with Crippen LogP contribution in [0, 0.1) is 0 Å². The van der Waals surface area contributed by atoms with Crippen LogP contribution in [0.2, 0.25) is 0 Å². The molecule has 1 fully saturated rings. The molecule has 4 nitrogen and oxygen atoms in total. The number of aliphatic hydroxyl groups is 1. The molecular formula is C20H19NO3. The molecule has 1 spiro atoms. The lowest BCUT2D eigenvalue weighted by Gasteiger charge is -2.37. The van der Waals surface area contributed by atoms with Gasteiger partial charge in [-0.1, -0.05) is 43.2 Å². The molecule has 1 aliphatic carbocycles. The Kier molecular flexibility index (Phi) is 3.23. The van der Waals surface area contributed by atoms with Crippen molar-refractivity contribution in [1.82, 2.24) is 4.57 Å². The summed E-state index contributed by atoms with van der Waals surface area (Å²) in [5, 5.41) is 10.6. The van der Waals surface area contributed by atoms with Crippen molar-refractivity contribution in [3.05, 3.63) is 53.7 Å².